The molecule has 0 aliphatic carbocycles. The Bertz CT molecular complexity index is 808. The summed E-state index contributed by atoms with van der Waals surface area (Å²) < 4.78 is 2.02. The number of aliphatic hydroxyl groups is 1. The van der Waals surface area contributed by atoms with E-state index in [0.717, 1.165) is 10.4 Å². The van der Waals surface area contributed by atoms with Crippen LogP contribution in [0.25, 0.3) is 20.7 Å². The van der Waals surface area contributed by atoms with Crippen LogP contribution in [0.15, 0.2) is 41.5 Å². The number of aliphatic hydroxyl groups excluding tert-OH is 1. The SMILES string of the molecule is O=c1c2sc(-c3ccc(Cl)cc3)cc2ncn1CCO. The van der Waals surface area contributed by atoms with Crippen LogP contribution in [-0.2, 0) is 6.54 Å². The summed E-state index contributed by atoms with van der Waals surface area (Å²) in [4.78, 5) is 17.5. The Morgan fingerprint density at radius 3 is 2.75 bits per heavy atom. The first-order chi connectivity index (χ1) is 9.69. The summed E-state index contributed by atoms with van der Waals surface area (Å²) >= 11 is 7.27. The quantitative estimate of drug-likeness (QED) is 0.809. The van der Waals surface area contributed by atoms with Crippen LogP contribution in [0.2, 0.25) is 5.02 Å². The average Bonchev–Trinajstić information content (AvgIpc) is 2.88. The van der Waals surface area contributed by atoms with Gasteiger partial charge in [0.1, 0.15) is 4.70 Å². The Morgan fingerprint density at radius 1 is 1.30 bits per heavy atom. The van der Waals surface area contributed by atoms with Crippen molar-refractivity contribution in [1.82, 2.24) is 9.55 Å². The molecule has 0 unspecified atom stereocenters. The predicted octanol–water partition coefficient (Wildman–Crippen LogP) is 2.77. The highest BCUT2D eigenvalue weighted by molar-refractivity contribution is 7.22. The van der Waals surface area contributed by atoms with E-state index in [0.29, 0.717) is 15.2 Å². The van der Waals surface area contributed by atoms with Crippen LogP contribution in [0.1, 0.15) is 0 Å². The van der Waals surface area contributed by atoms with Crippen LogP contribution in [0.5, 0.6) is 0 Å². The van der Waals surface area contributed by atoms with Crippen molar-refractivity contribution in [3.63, 3.8) is 0 Å². The van der Waals surface area contributed by atoms with E-state index in [1.165, 1.54) is 22.2 Å². The van der Waals surface area contributed by atoms with Gasteiger partial charge in [-0.15, -0.1) is 11.3 Å². The Kier molecular flexibility index (Phi) is 3.56. The number of nitrogens with zero attached hydrogens (tertiary/aromatic N) is 2. The monoisotopic (exact) mass is 306 g/mol. The lowest BCUT2D eigenvalue weighted by molar-refractivity contribution is 0.274. The second-order valence-electron chi connectivity index (χ2n) is 4.30. The molecule has 1 aromatic carbocycles. The van der Waals surface area contributed by atoms with E-state index in [2.05, 4.69) is 4.98 Å². The van der Waals surface area contributed by atoms with E-state index in [1.54, 1.807) is 0 Å². The van der Waals surface area contributed by atoms with Gasteiger partial charge in [0.25, 0.3) is 5.56 Å². The van der Waals surface area contributed by atoms with Crippen molar-refractivity contribution >= 4 is 33.2 Å². The maximum absolute atomic E-state index is 12.2. The van der Waals surface area contributed by atoms with Crippen molar-refractivity contribution in [1.29, 1.82) is 0 Å². The fourth-order valence-corrected chi connectivity index (χ4v) is 3.16. The number of aromatic nitrogens is 2. The summed E-state index contributed by atoms with van der Waals surface area (Å²) in [6.07, 6.45) is 1.47. The standard InChI is InChI=1S/C14H11ClN2O2S/c15-10-3-1-9(2-4-10)12-7-11-13(20-12)14(19)17(5-6-18)8-16-11/h1-4,7-8,18H,5-6H2. The lowest BCUT2D eigenvalue weighted by Gasteiger charge is -2.00. The molecule has 1 N–H and O–H groups in total. The van der Waals surface area contributed by atoms with Gasteiger partial charge < -0.3 is 5.11 Å². The normalized spacial score (nSPS) is 11.1. The molecule has 0 aliphatic heterocycles. The Balaban J connectivity index is 2.13. The molecule has 6 heteroatoms. The van der Waals surface area contributed by atoms with Crippen LogP contribution >= 0.6 is 22.9 Å². The number of rotatable bonds is 3. The highest BCUT2D eigenvalue weighted by Gasteiger charge is 2.10. The lowest BCUT2D eigenvalue weighted by atomic mass is 10.2. The molecule has 3 aromatic rings. The van der Waals surface area contributed by atoms with Gasteiger partial charge in [0.05, 0.1) is 25.0 Å². The molecule has 3 rings (SSSR count). The molecular formula is C14H11ClN2O2S. The van der Waals surface area contributed by atoms with E-state index in [-0.39, 0.29) is 18.7 Å². The molecule has 0 spiro atoms. The Morgan fingerprint density at radius 2 is 2.05 bits per heavy atom. The summed E-state index contributed by atoms with van der Waals surface area (Å²) in [6.45, 7) is 0.179. The van der Waals surface area contributed by atoms with Crippen LogP contribution in [0.4, 0.5) is 0 Å². The predicted molar refractivity (Wildman–Crippen MR) is 81.4 cm³/mol. The molecule has 4 nitrogen and oxygen atoms in total. The van der Waals surface area contributed by atoms with Crippen LogP contribution in [-0.4, -0.2) is 21.3 Å². The maximum atomic E-state index is 12.2. The fraction of sp³-hybridized carbons (Fsp3) is 0.143. The second kappa shape index (κ2) is 5.36. The first-order valence-electron chi connectivity index (χ1n) is 6.05. The zero-order valence-electron chi connectivity index (χ0n) is 10.4. The van der Waals surface area contributed by atoms with Gasteiger partial charge in [0, 0.05) is 9.90 Å². The van der Waals surface area contributed by atoms with Gasteiger partial charge in [-0.2, -0.15) is 0 Å². The van der Waals surface area contributed by atoms with E-state index >= 15 is 0 Å². The summed E-state index contributed by atoms with van der Waals surface area (Å²) in [5.41, 5.74) is 1.57. The van der Waals surface area contributed by atoms with Gasteiger partial charge in [0.2, 0.25) is 0 Å². The largest absolute Gasteiger partial charge is 0.395 e. The molecule has 0 fully saturated rings. The lowest BCUT2D eigenvalue weighted by Crippen LogP contribution is -2.21. The topological polar surface area (TPSA) is 55.1 Å². The Labute approximate surface area is 123 Å². The van der Waals surface area contributed by atoms with Crippen molar-refractivity contribution in [2.24, 2.45) is 0 Å². The number of hydrogen-bond donors (Lipinski definition) is 1. The third-order valence-corrected chi connectivity index (χ3v) is 4.39. The maximum Gasteiger partial charge on any atom is 0.271 e. The molecule has 2 aromatic heterocycles. The highest BCUT2D eigenvalue weighted by Crippen LogP contribution is 2.31. The zero-order valence-corrected chi connectivity index (χ0v) is 12.0. The van der Waals surface area contributed by atoms with Crippen LogP contribution in [0, 0.1) is 0 Å². The van der Waals surface area contributed by atoms with Crippen molar-refractivity contribution < 1.29 is 5.11 Å². The van der Waals surface area contributed by atoms with Gasteiger partial charge in [-0.1, -0.05) is 23.7 Å². The van der Waals surface area contributed by atoms with Crippen LogP contribution in [0.3, 0.4) is 0 Å². The van der Waals surface area contributed by atoms with Gasteiger partial charge in [-0.05, 0) is 23.8 Å². The molecule has 0 atom stereocenters. The van der Waals surface area contributed by atoms with E-state index in [9.17, 15) is 4.79 Å². The molecule has 0 bridgehead atoms. The van der Waals surface area contributed by atoms with Gasteiger partial charge in [0.15, 0.2) is 0 Å². The molecule has 2 heterocycles. The third-order valence-electron chi connectivity index (χ3n) is 2.97. The molecule has 0 aliphatic rings. The van der Waals surface area contributed by atoms with Crippen molar-refractivity contribution in [2.45, 2.75) is 6.54 Å². The summed E-state index contributed by atoms with van der Waals surface area (Å²) in [6, 6.07) is 9.37. The summed E-state index contributed by atoms with van der Waals surface area (Å²) in [5.74, 6) is 0. The van der Waals surface area contributed by atoms with E-state index in [1.807, 2.05) is 30.3 Å². The molecule has 0 saturated heterocycles. The number of benzene rings is 1. The van der Waals surface area contributed by atoms with Gasteiger partial charge in [-0.25, -0.2) is 4.98 Å². The van der Waals surface area contributed by atoms with E-state index in [4.69, 9.17) is 16.7 Å². The summed E-state index contributed by atoms with van der Waals surface area (Å²) in [7, 11) is 0. The minimum absolute atomic E-state index is 0.0808. The number of halogens is 1. The Hall–Kier alpha value is -1.69. The molecule has 20 heavy (non-hydrogen) atoms. The smallest absolute Gasteiger partial charge is 0.271 e. The van der Waals surface area contributed by atoms with Crippen molar-refractivity contribution in [3.05, 3.63) is 52.0 Å². The van der Waals surface area contributed by atoms with Crippen LogP contribution < -0.4 is 5.56 Å². The molecule has 0 amide bonds. The minimum atomic E-state index is -0.116. The first-order valence-corrected chi connectivity index (χ1v) is 7.24. The number of fused-ring (bicyclic) bond motifs is 1. The van der Waals surface area contributed by atoms with E-state index < -0.39 is 0 Å². The molecule has 0 radical (unpaired) electrons. The van der Waals surface area contributed by atoms with Gasteiger partial charge in [-0.3, -0.25) is 9.36 Å². The number of thiophene rings is 1. The summed E-state index contributed by atoms with van der Waals surface area (Å²) in [5, 5.41) is 9.61. The van der Waals surface area contributed by atoms with Gasteiger partial charge >= 0.3 is 0 Å². The average molecular weight is 307 g/mol. The second-order valence-corrected chi connectivity index (χ2v) is 5.79. The minimum Gasteiger partial charge on any atom is -0.395 e. The molecule has 0 saturated carbocycles. The van der Waals surface area contributed by atoms with Crippen molar-refractivity contribution in [3.8, 4) is 10.4 Å². The first kappa shape index (κ1) is 13.3. The molecule has 102 valence electrons. The molecular weight excluding hydrogens is 296 g/mol. The third kappa shape index (κ3) is 2.35. The van der Waals surface area contributed by atoms with Crippen molar-refractivity contribution in [2.75, 3.05) is 6.61 Å². The highest BCUT2D eigenvalue weighted by atomic mass is 35.5. The number of hydrogen-bond acceptors (Lipinski definition) is 4. The fourth-order valence-electron chi connectivity index (χ4n) is 1.97. The zero-order chi connectivity index (χ0) is 14.1.